The normalized spacial score (nSPS) is 24.8. The van der Waals surface area contributed by atoms with Crippen molar-refractivity contribution in [1.82, 2.24) is 19.5 Å². The molecule has 0 bridgehead atoms. The van der Waals surface area contributed by atoms with E-state index in [1.54, 1.807) is 4.57 Å². The number of imidazole rings is 1. The molecule has 3 heterocycles. The summed E-state index contributed by atoms with van der Waals surface area (Å²) in [5.41, 5.74) is 4.58. The Morgan fingerprint density at radius 3 is 2.64 bits per heavy atom. The third-order valence-electron chi connectivity index (χ3n) is 5.18. The number of aromatic nitrogens is 4. The predicted molar refractivity (Wildman–Crippen MR) is 102 cm³/mol. The van der Waals surface area contributed by atoms with Gasteiger partial charge in [-0.25, -0.2) is 15.0 Å². The lowest BCUT2D eigenvalue weighted by Crippen LogP contribution is -2.33. The van der Waals surface area contributed by atoms with Gasteiger partial charge in [-0.05, 0) is 30.5 Å². The van der Waals surface area contributed by atoms with Crippen molar-refractivity contribution in [3.8, 4) is 0 Å². The number of ether oxygens (including phenoxy) is 1. The molecule has 9 nitrogen and oxygen atoms in total. The zero-order chi connectivity index (χ0) is 19.8. The highest BCUT2D eigenvalue weighted by Gasteiger charge is 2.44. The Kier molecular flexibility index (Phi) is 4.98. The van der Waals surface area contributed by atoms with Gasteiger partial charge in [0.25, 0.3) is 0 Å². The van der Waals surface area contributed by atoms with Crippen LogP contribution in [0.5, 0.6) is 0 Å². The SMILES string of the molecule is Cc1ccc(CNc2ncnc3c2ncn3C2O[C@H](CO)[C@@H](O)[C@H]2O)cc1C. The summed E-state index contributed by atoms with van der Waals surface area (Å²) in [6, 6.07) is 6.27. The molecule has 3 aromatic rings. The Hall–Kier alpha value is -2.59. The number of aliphatic hydroxyl groups excluding tert-OH is 3. The Labute approximate surface area is 161 Å². The second-order valence-corrected chi connectivity index (χ2v) is 7.05. The van der Waals surface area contributed by atoms with Gasteiger partial charge in [-0.1, -0.05) is 18.2 Å². The summed E-state index contributed by atoms with van der Waals surface area (Å²) < 4.78 is 7.12. The molecule has 28 heavy (non-hydrogen) atoms. The van der Waals surface area contributed by atoms with Crippen LogP contribution in [0.3, 0.4) is 0 Å². The summed E-state index contributed by atoms with van der Waals surface area (Å²) >= 11 is 0. The second-order valence-electron chi connectivity index (χ2n) is 7.05. The van der Waals surface area contributed by atoms with Gasteiger partial charge in [0.15, 0.2) is 23.2 Å². The average Bonchev–Trinajstić information content (AvgIpc) is 3.24. The average molecular weight is 385 g/mol. The Morgan fingerprint density at radius 1 is 1.11 bits per heavy atom. The number of anilines is 1. The number of benzene rings is 1. The molecule has 1 saturated heterocycles. The van der Waals surface area contributed by atoms with E-state index in [0.29, 0.717) is 23.5 Å². The van der Waals surface area contributed by atoms with Gasteiger partial charge in [0, 0.05) is 6.54 Å². The van der Waals surface area contributed by atoms with Gasteiger partial charge in [0.05, 0.1) is 12.9 Å². The van der Waals surface area contributed by atoms with Crippen molar-refractivity contribution in [3.63, 3.8) is 0 Å². The maximum absolute atomic E-state index is 10.3. The summed E-state index contributed by atoms with van der Waals surface area (Å²) in [5.74, 6) is 0.564. The maximum Gasteiger partial charge on any atom is 0.167 e. The van der Waals surface area contributed by atoms with Crippen LogP contribution in [0.1, 0.15) is 22.9 Å². The van der Waals surface area contributed by atoms with Crippen LogP contribution in [-0.4, -0.2) is 59.8 Å². The molecule has 1 aliphatic rings. The van der Waals surface area contributed by atoms with E-state index in [9.17, 15) is 15.3 Å². The molecule has 0 radical (unpaired) electrons. The van der Waals surface area contributed by atoms with Gasteiger partial charge in [-0.3, -0.25) is 4.57 Å². The van der Waals surface area contributed by atoms with E-state index < -0.39 is 24.5 Å². The van der Waals surface area contributed by atoms with Crippen LogP contribution in [0.2, 0.25) is 0 Å². The van der Waals surface area contributed by atoms with E-state index in [0.717, 1.165) is 5.56 Å². The minimum Gasteiger partial charge on any atom is -0.394 e. The number of nitrogens with one attached hydrogen (secondary N) is 1. The lowest BCUT2D eigenvalue weighted by Gasteiger charge is -2.16. The third-order valence-corrected chi connectivity index (χ3v) is 5.18. The first-order valence-electron chi connectivity index (χ1n) is 9.09. The van der Waals surface area contributed by atoms with Crippen LogP contribution < -0.4 is 5.32 Å². The first kappa shape index (κ1) is 18.8. The molecule has 4 N–H and O–H groups in total. The summed E-state index contributed by atoms with van der Waals surface area (Å²) in [4.78, 5) is 12.9. The van der Waals surface area contributed by atoms with Gasteiger partial charge in [0.1, 0.15) is 24.6 Å². The Morgan fingerprint density at radius 2 is 1.93 bits per heavy atom. The van der Waals surface area contributed by atoms with E-state index in [1.807, 2.05) is 0 Å². The van der Waals surface area contributed by atoms with E-state index in [2.05, 4.69) is 52.3 Å². The van der Waals surface area contributed by atoms with E-state index in [-0.39, 0.29) is 6.61 Å². The quantitative estimate of drug-likeness (QED) is 0.505. The molecule has 1 aliphatic heterocycles. The zero-order valence-corrected chi connectivity index (χ0v) is 15.6. The molecule has 1 unspecified atom stereocenters. The second kappa shape index (κ2) is 7.44. The number of fused-ring (bicyclic) bond motifs is 1. The highest BCUT2D eigenvalue weighted by molar-refractivity contribution is 5.82. The van der Waals surface area contributed by atoms with E-state index >= 15 is 0 Å². The molecule has 9 heteroatoms. The van der Waals surface area contributed by atoms with Crippen molar-refractivity contribution in [2.75, 3.05) is 11.9 Å². The van der Waals surface area contributed by atoms with Crippen LogP contribution in [0.25, 0.3) is 11.2 Å². The molecule has 0 amide bonds. The van der Waals surface area contributed by atoms with Crippen LogP contribution in [-0.2, 0) is 11.3 Å². The van der Waals surface area contributed by atoms with Crippen molar-refractivity contribution in [3.05, 3.63) is 47.5 Å². The van der Waals surface area contributed by atoms with Crippen molar-refractivity contribution in [1.29, 1.82) is 0 Å². The third kappa shape index (κ3) is 3.22. The van der Waals surface area contributed by atoms with Gasteiger partial charge in [0.2, 0.25) is 0 Å². The number of hydrogen-bond acceptors (Lipinski definition) is 8. The van der Waals surface area contributed by atoms with Crippen LogP contribution in [0, 0.1) is 13.8 Å². The number of rotatable bonds is 5. The molecule has 1 fully saturated rings. The number of aliphatic hydroxyl groups is 3. The molecular weight excluding hydrogens is 362 g/mol. The summed E-state index contributed by atoms with van der Waals surface area (Å²) in [7, 11) is 0. The molecule has 0 aliphatic carbocycles. The minimum atomic E-state index is -1.20. The molecule has 0 saturated carbocycles. The zero-order valence-electron chi connectivity index (χ0n) is 15.6. The van der Waals surface area contributed by atoms with Crippen LogP contribution in [0.15, 0.2) is 30.9 Å². The summed E-state index contributed by atoms with van der Waals surface area (Å²) in [6.45, 7) is 4.34. The minimum absolute atomic E-state index is 0.390. The monoisotopic (exact) mass is 385 g/mol. The lowest BCUT2D eigenvalue weighted by molar-refractivity contribution is -0.0511. The standard InChI is InChI=1S/C19H23N5O4/c1-10-3-4-12(5-11(10)2)6-20-17-14-18(22-8-21-17)24(9-23-14)19-16(27)15(26)13(7-25)28-19/h3-5,8-9,13,15-16,19,25-27H,6-7H2,1-2H3,(H,20,21,22)/t13-,15-,16-,19?/m1/s1. The maximum atomic E-state index is 10.3. The van der Waals surface area contributed by atoms with E-state index in [4.69, 9.17) is 4.74 Å². The number of aryl methyl sites for hydroxylation is 2. The smallest absolute Gasteiger partial charge is 0.167 e. The fraction of sp³-hybridized carbons (Fsp3) is 0.421. The molecule has 2 aromatic heterocycles. The Bertz CT molecular complexity index is 992. The molecule has 1 aromatic carbocycles. The first-order chi connectivity index (χ1) is 13.5. The van der Waals surface area contributed by atoms with Crippen LogP contribution >= 0.6 is 0 Å². The van der Waals surface area contributed by atoms with Gasteiger partial charge in [-0.2, -0.15) is 0 Å². The number of nitrogens with zero attached hydrogens (tertiary/aromatic N) is 4. The molecular formula is C19H23N5O4. The topological polar surface area (TPSA) is 126 Å². The fourth-order valence-corrected chi connectivity index (χ4v) is 3.38. The Balaban J connectivity index is 1.59. The molecule has 4 rings (SSSR count). The van der Waals surface area contributed by atoms with E-state index in [1.165, 1.54) is 23.8 Å². The van der Waals surface area contributed by atoms with Crippen LogP contribution in [0.4, 0.5) is 5.82 Å². The largest absolute Gasteiger partial charge is 0.394 e. The lowest BCUT2D eigenvalue weighted by atomic mass is 10.1. The fourth-order valence-electron chi connectivity index (χ4n) is 3.38. The highest BCUT2D eigenvalue weighted by Crippen LogP contribution is 2.32. The van der Waals surface area contributed by atoms with Crippen molar-refractivity contribution < 1.29 is 20.1 Å². The number of hydrogen-bond donors (Lipinski definition) is 4. The predicted octanol–water partition coefficient (Wildman–Crippen LogP) is 0.667. The highest BCUT2D eigenvalue weighted by atomic mass is 16.6. The molecule has 0 spiro atoms. The molecule has 4 atom stereocenters. The first-order valence-corrected chi connectivity index (χ1v) is 9.09. The summed E-state index contributed by atoms with van der Waals surface area (Å²) in [6.07, 6.45) is -1.24. The molecule has 148 valence electrons. The van der Waals surface area contributed by atoms with Crippen molar-refractivity contribution in [2.24, 2.45) is 0 Å². The van der Waals surface area contributed by atoms with Gasteiger partial charge < -0.3 is 25.4 Å². The van der Waals surface area contributed by atoms with Gasteiger partial charge in [-0.15, -0.1) is 0 Å². The summed E-state index contributed by atoms with van der Waals surface area (Å²) in [5, 5.41) is 32.8. The van der Waals surface area contributed by atoms with Crippen molar-refractivity contribution in [2.45, 2.75) is 44.9 Å². The van der Waals surface area contributed by atoms with Gasteiger partial charge >= 0.3 is 0 Å². The van der Waals surface area contributed by atoms with Crippen molar-refractivity contribution >= 4 is 17.0 Å².